The number of amides is 1. The standard InChI is InChI=1S/C18H15ClF3N5O/c1-10(2)27-16(24-25-26-27)11-4-3-5-12(8-11)17(28)23-15-9-13(18(20,21)22)6-7-14(15)19/h3-10H,1-2H3,(H,23,28). The lowest BCUT2D eigenvalue weighted by Crippen LogP contribution is -2.14. The monoisotopic (exact) mass is 409 g/mol. The third-order valence-corrected chi connectivity index (χ3v) is 4.24. The van der Waals surface area contributed by atoms with Gasteiger partial charge < -0.3 is 5.32 Å². The molecular formula is C18H15ClF3N5O. The molecule has 0 spiro atoms. The van der Waals surface area contributed by atoms with Crippen LogP contribution in [0.2, 0.25) is 5.02 Å². The fourth-order valence-corrected chi connectivity index (χ4v) is 2.69. The molecule has 3 aromatic rings. The van der Waals surface area contributed by atoms with E-state index in [-0.39, 0.29) is 22.3 Å². The molecule has 0 aliphatic carbocycles. The van der Waals surface area contributed by atoms with Crippen molar-refractivity contribution in [2.45, 2.75) is 26.1 Å². The average molecular weight is 410 g/mol. The van der Waals surface area contributed by atoms with Crippen LogP contribution in [0.5, 0.6) is 0 Å². The van der Waals surface area contributed by atoms with Gasteiger partial charge in [-0.2, -0.15) is 13.2 Å². The fourth-order valence-electron chi connectivity index (χ4n) is 2.52. The Morgan fingerprint density at radius 3 is 2.61 bits per heavy atom. The Labute approximate surface area is 163 Å². The number of nitrogens with one attached hydrogen (secondary N) is 1. The molecule has 0 atom stereocenters. The molecule has 1 aromatic heterocycles. The minimum absolute atomic E-state index is 0.00116. The molecule has 0 aliphatic rings. The van der Waals surface area contributed by atoms with E-state index in [9.17, 15) is 18.0 Å². The van der Waals surface area contributed by atoms with Gasteiger partial charge in [-0.05, 0) is 54.6 Å². The molecule has 146 valence electrons. The zero-order valence-electron chi connectivity index (χ0n) is 14.8. The van der Waals surface area contributed by atoms with Gasteiger partial charge in [0.25, 0.3) is 5.91 Å². The summed E-state index contributed by atoms with van der Waals surface area (Å²) < 4.78 is 40.3. The van der Waals surface area contributed by atoms with E-state index in [1.165, 1.54) is 6.07 Å². The molecular weight excluding hydrogens is 395 g/mol. The van der Waals surface area contributed by atoms with Crippen molar-refractivity contribution in [2.24, 2.45) is 0 Å². The van der Waals surface area contributed by atoms with Crippen LogP contribution in [0.3, 0.4) is 0 Å². The van der Waals surface area contributed by atoms with Crippen LogP contribution in [-0.2, 0) is 6.18 Å². The Morgan fingerprint density at radius 2 is 1.93 bits per heavy atom. The minimum atomic E-state index is -4.54. The summed E-state index contributed by atoms with van der Waals surface area (Å²) >= 11 is 5.93. The highest BCUT2D eigenvalue weighted by Gasteiger charge is 2.31. The predicted octanol–water partition coefficient (Wildman–Crippen LogP) is 4.85. The van der Waals surface area contributed by atoms with Gasteiger partial charge in [0, 0.05) is 11.1 Å². The summed E-state index contributed by atoms with van der Waals surface area (Å²) in [6.07, 6.45) is -4.54. The summed E-state index contributed by atoms with van der Waals surface area (Å²) in [6, 6.07) is 9.20. The van der Waals surface area contributed by atoms with Crippen molar-refractivity contribution in [3.8, 4) is 11.4 Å². The van der Waals surface area contributed by atoms with E-state index in [0.717, 1.165) is 18.2 Å². The highest BCUT2D eigenvalue weighted by atomic mass is 35.5. The molecule has 2 aromatic carbocycles. The van der Waals surface area contributed by atoms with Crippen LogP contribution in [0.1, 0.15) is 35.8 Å². The molecule has 0 bridgehead atoms. The normalized spacial score (nSPS) is 11.7. The topological polar surface area (TPSA) is 72.7 Å². The van der Waals surface area contributed by atoms with Gasteiger partial charge in [-0.3, -0.25) is 4.79 Å². The maximum Gasteiger partial charge on any atom is 0.416 e. The predicted molar refractivity (Wildman–Crippen MR) is 98.0 cm³/mol. The molecule has 0 fully saturated rings. The van der Waals surface area contributed by atoms with Crippen LogP contribution in [0.15, 0.2) is 42.5 Å². The third-order valence-electron chi connectivity index (χ3n) is 3.91. The van der Waals surface area contributed by atoms with Gasteiger partial charge in [0.1, 0.15) is 0 Å². The molecule has 3 rings (SSSR count). The van der Waals surface area contributed by atoms with Crippen molar-refractivity contribution in [3.05, 3.63) is 58.6 Å². The van der Waals surface area contributed by atoms with Gasteiger partial charge >= 0.3 is 6.18 Å². The molecule has 6 nitrogen and oxygen atoms in total. The Morgan fingerprint density at radius 1 is 1.18 bits per heavy atom. The summed E-state index contributed by atoms with van der Waals surface area (Å²) in [7, 11) is 0. The van der Waals surface area contributed by atoms with Crippen LogP contribution < -0.4 is 5.32 Å². The Hall–Kier alpha value is -2.94. The first-order valence-electron chi connectivity index (χ1n) is 8.23. The first-order chi connectivity index (χ1) is 13.2. The molecule has 0 aliphatic heterocycles. The summed E-state index contributed by atoms with van der Waals surface area (Å²) in [4.78, 5) is 12.6. The first-order valence-corrected chi connectivity index (χ1v) is 8.61. The molecule has 0 unspecified atom stereocenters. The average Bonchev–Trinajstić information content (AvgIpc) is 3.13. The summed E-state index contributed by atoms with van der Waals surface area (Å²) in [6.45, 7) is 3.82. The van der Waals surface area contributed by atoms with Crippen molar-refractivity contribution in [1.82, 2.24) is 20.2 Å². The summed E-state index contributed by atoms with van der Waals surface area (Å²) in [5.74, 6) is -0.131. The van der Waals surface area contributed by atoms with E-state index < -0.39 is 17.6 Å². The van der Waals surface area contributed by atoms with Gasteiger partial charge in [-0.25, -0.2) is 4.68 Å². The highest BCUT2D eigenvalue weighted by Crippen LogP contribution is 2.34. The summed E-state index contributed by atoms with van der Waals surface area (Å²) in [5, 5.41) is 13.9. The number of nitrogens with zero attached hydrogens (tertiary/aromatic N) is 4. The van der Waals surface area contributed by atoms with Gasteiger partial charge in [0.15, 0.2) is 5.82 Å². The van der Waals surface area contributed by atoms with Crippen molar-refractivity contribution in [1.29, 1.82) is 0 Å². The maximum atomic E-state index is 12.9. The number of carbonyl (C=O) groups excluding carboxylic acids is 1. The number of hydrogen-bond acceptors (Lipinski definition) is 4. The number of benzene rings is 2. The number of rotatable bonds is 4. The minimum Gasteiger partial charge on any atom is -0.321 e. The molecule has 0 saturated carbocycles. The zero-order valence-corrected chi connectivity index (χ0v) is 15.6. The van der Waals surface area contributed by atoms with Crippen molar-refractivity contribution < 1.29 is 18.0 Å². The quantitative estimate of drug-likeness (QED) is 0.668. The Bertz CT molecular complexity index is 1020. The van der Waals surface area contributed by atoms with E-state index in [1.54, 1.807) is 22.9 Å². The van der Waals surface area contributed by atoms with Crippen molar-refractivity contribution in [3.63, 3.8) is 0 Å². The number of halogens is 4. The lowest BCUT2D eigenvalue weighted by Gasteiger charge is -2.12. The van der Waals surface area contributed by atoms with Crippen molar-refractivity contribution in [2.75, 3.05) is 5.32 Å². The van der Waals surface area contributed by atoms with E-state index in [2.05, 4.69) is 20.8 Å². The summed E-state index contributed by atoms with van der Waals surface area (Å²) in [5.41, 5.74) is -0.207. The van der Waals surface area contributed by atoms with Crippen LogP contribution in [0.4, 0.5) is 18.9 Å². The SMILES string of the molecule is CC(C)n1nnnc1-c1cccc(C(=O)Nc2cc(C(F)(F)F)ccc2Cl)c1. The fraction of sp³-hybridized carbons (Fsp3) is 0.222. The second kappa shape index (κ2) is 7.59. The molecule has 1 heterocycles. The van der Waals surface area contributed by atoms with E-state index in [1.807, 2.05) is 13.8 Å². The lowest BCUT2D eigenvalue weighted by atomic mass is 10.1. The van der Waals surface area contributed by atoms with Crippen molar-refractivity contribution >= 4 is 23.2 Å². The van der Waals surface area contributed by atoms with Gasteiger partial charge in [-0.15, -0.1) is 5.10 Å². The number of tetrazole rings is 1. The second-order valence-electron chi connectivity index (χ2n) is 6.27. The first kappa shape index (κ1) is 19.8. The number of carbonyl (C=O) groups is 1. The molecule has 1 amide bonds. The van der Waals surface area contributed by atoms with Crippen LogP contribution in [0.25, 0.3) is 11.4 Å². The maximum absolute atomic E-state index is 12.9. The highest BCUT2D eigenvalue weighted by molar-refractivity contribution is 6.34. The molecule has 1 N–H and O–H groups in total. The zero-order chi connectivity index (χ0) is 20.5. The number of anilines is 1. The van der Waals surface area contributed by atoms with Crippen LogP contribution in [-0.4, -0.2) is 26.1 Å². The van der Waals surface area contributed by atoms with Crippen LogP contribution >= 0.6 is 11.6 Å². The van der Waals surface area contributed by atoms with Crippen LogP contribution in [0, 0.1) is 0 Å². The van der Waals surface area contributed by atoms with E-state index in [0.29, 0.717) is 11.4 Å². The van der Waals surface area contributed by atoms with E-state index in [4.69, 9.17) is 11.6 Å². The second-order valence-corrected chi connectivity index (χ2v) is 6.68. The molecule has 28 heavy (non-hydrogen) atoms. The molecule has 10 heteroatoms. The number of aromatic nitrogens is 4. The number of hydrogen-bond donors (Lipinski definition) is 1. The molecule has 0 saturated heterocycles. The largest absolute Gasteiger partial charge is 0.416 e. The lowest BCUT2D eigenvalue weighted by molar-refractivity contribution is -0.137. The number of alkyl halides is 3. The molecule has 0 radical (unpaired) electrons. The van der Waals surface area contributed by atoms with Gasteiger partial charge in [0.05, 0.1) is 22.3 Å². The van der Waals surface area contributed by atoms with Gasteiger partial charge in [-0.1, -0.05) is 23.7 Å². The van der Waals surface area contributed by atoms with E-state index >= 15 is 0 Å². The Balaban J connectivity index is 1.89. The third kappa shape index (κ3) is 4.14. The smallest absolute Gasteiger partial charge is 0.321 e. The van der Waals surface area contributed by atoms with Gasteiger partial charge in [0.2, 0.25) is 0 Å². The Kier molecular flexibility index (Phi) is 5.37.